The van der Waals surface area contributed by atoms with E-state index in [4.69, 9.17) is 21.4 Å². The minimum atomic E-state index is 0.635. The molecule has 7 rings (SSSR count). The van der Waals surface area contributed by atoms with E-state index in [1.807, 2.05) is 50.4 Å². The molecule has 0 bridgehead atoms. The van der Waals surface area contributed by atoms with E-state index < -0.39 is 0 Å². The van der Waals surface area contributed by atoms with Crippen LogP contribution >= 0.6 is 0 Å². The Morgan fingerprint density at radius 2 is 1.84 bits per heavy atom. The molecule has 1 aromatic heterocycles. The van der Waals surface area contributed by atoms with Crippen LogP contribution in [0.3, 0.4) is 0 Å². The minimum Gasteiger partial charge on any atom is -0.336 e. The van der Waals surface area contributed by atoms with Gasteiger partial charge in [-0.25, -0.2) is 9.97 Å². The van der Waals surface area contributed by atoms with E-state index in [0.29, 0.717) is 5.82 Å². The fourth-order valence-electron chi connectivity index (χ4n) is 7.24. The summed E-state index contributed by atoms with van der Waals surface area (Å²) in [6.45, 7) is 8.94. The van der Waals surface area contributed by atoms with Crippen LogP contribution in [0.15, 0.2) is 191 Å². The highest BCUT2D eigenvalue weighted by atomic mass is 15.2. The second kappa shape index (κ2) is 19.4. The number of benzene rings is 1. The van der Waals surface area contributed by atoms with Crippen molar-refractivity contribution in [3.05, 3.63) is 215 Å². The molecule has 0 atom stereocenters. The number of para-hydroxylation sites is 1. The summed E-state index contributed by atoms with van der Waals surface area (Å²) < 4.78 is 0. The van der Waals surface area contributed by atoms with Crippen molar-refractivity contribution in [1.29, 1.82) is 0 Å². The van der Waals surface area contributed by atoms with Gasteiger partial charge in [0, 0.05) is 58.1 Å². The van der Waals surface area contributed by atoms with Gasteiger partial charge < -0.3 is 4.90 Å². The fraction of sp³-hybridized carbons (Fsp3) is 0.132. The zero-order chi connectivity index (χ0) is 40.0. The summed E-state index contributed by atoms with van der Waals surface area (Å²) in [7, 11) is 0. The lowest BCUT2D eigenvalue weighted by molar-refractivity contribution is 0.518. The van der Waals surface area contributed by atoms with E-state index in [2.05, 4.69) is 145 Å². The summed E-state index contributed by atoms with van der Waals surface area (Å²) >= 11 is 0. The SMILES string of the molecule is C#C.C#C/C=C\C(=C1\C=CC=CC1)c1cc(C2=CC=C(N3C/C(=C\C=C/C)C(C=C)=C3/C=C\C)C=C=C2)nc(C2=CC=C(c3cccc4c3N=CCC4)CC=C2)n1. The Kier molecular flexibility index (Phi) is 13.4. The lowest BCUT2D eigenvalue weighted by Gasteiger charge is -2.21. The maximum absolute atomic E-state index is 5.75. The van der Waals surface area contributed by atoms with Gasteiger partial charge in [-0.3, -0.25) is 4.99 Å². The summed E-state index contributed by atoms with van der Waals surface area (Å²) in [5.74, 6) is 3.32. The van der Waals surface area contributed by atoms with Crippen LogP contribution in [0.1, 0.15) is 61.4 Å². The number of aryl methyl sites for hydroxylation is 1. The highest BCUT2D eigenvalue weighted by Gasteiger charge is 2.25. The van der Waals surface area contributed by atoms with E-state index >= 15 is 0 Å². The number of aliphatic imine (C=N–C) groups is 1. The summed E-state index contributed by atoms with van der Waals surface area (Å²) in [5, 5.41) is 0. The number of hydrogen-bond donors (Lipinski definition) is 0. The Morgan fingerprint density at radius 1 is 0.965 bits per heavy atom. The van der Waals surface area contributed by atoms with Gasteiger partial charge in [-0.1, -0.05) is 116 Å². The molecule has 0 radical (unpaired) electrons. The van der Waals surface area contributed by atoms with Crippen molar-refractivity contribution in [2.75, 3.05) is 6.54 Å². The monoisotopic (exact) mass is 738 g/mol. The van der Waals surface area contributed by atoms with Crippen molar-refractivity contribution in [2.24, 2.45) is 4.99 Å². The molecular weight excluding hydrogens is 693 g/mol. The van der Waals surface area contributed by atoms with Crippen molar-refractivity contribution >= 4 is 34.2 Å². The third kappa shape index (κ3) is 9.02. The molecule has 0 saturated carbocycles. The average Bonchev–Trinajstić information content (AvgIpc) is 3.44. The van der Waals surface area contributed by atoms with Crippen molar-refractivity contribution in [3.63, 3.8) is 0 Å². The van der Waals surface area contributed by atoms with Gasteiger partial charge in [0.05, 0.1) is 17.1 Å². The van der Waals surface area contributed by atoms with Gasteiger partial charge in [0.2, 0.25) is 0 Å². The van der Waals surface area contributed by atoms with Crippen molar-refractivity contribution in [1.82, 2.24) is 14.9 Å². The van der Waals surface area contributed by atoms with Crippen LogP contribution in [-0.2, 0) is 6.42 Å². The first-order valence-electron chi connectivity index (χ1n) is 19.2. The summed E-state index contributed by atoms with van der Waals surface area (Å²) in [6.07, 6.45) is 60.9. The highest BCUT2D eigenvalue weighted by Crippen LogP contribution is 2.37. The fourth-order valence-corrected chi connectivity index (χ4v) is 7.24. The van der Waals surface area contributed by atoms with E-state index in [0.717, 1.165) is 88.6 Å². The number of fused-ring (bicyclic) bond motifs is 1. The molecule has 2 aromatic rings. The quantitative estimate of drug-likeness (QED) is 0.190. The van der Waals surface area contributed by atoms with E-state index in [1.165, 1.54) is 22.3 Å². The standard InChI is InChI=1S/C51H44N4.C2H2/c1-5-9-19-42-36-55(49(18-7-3)44(42)8-4)43-27-15-23-39(32-33-43)47-35-48(45(28-10-6-2)37-20-12-11-13-21-37)54-51(53-47)41-25-14-22-38(30-31-41)46-29-16-24-40-26-17-34-52-50(40)46;1-2/h2,5,7-14,16,18-20,23-25,27-35H,4,17,21-22,26,36H2,1,3H3;1-2H/b9-5-,18-7-,28-10-,42-19+,45-37+;. The van der Waals surface area contributed by atoms with Gasteiger partial charge in [-0.15, -0.1) is 25.0 Å². The van der Waals surface area contributed by atoms with Crippen LogP contribution in [0, 0.1) is 25.2 Å². The third-order valence-corrected chi connectivity index (χ3v) is 9.93. The van der Waals surface area contributed by atoms with E-state index in [9.17, 15) is 0 Å². The summed E-state index contributed by atoms with van der Waals surface area (Å²) in [4.78, 5) is 17.6. The van der Waals surface area contributed by atoms with Crippen molar-refractivity contribution in [2.45, 2.75) is 39.5 Å². The van der Waals surface area contributed by atoms with Crippen LogP contribution < -0.4 is 0 Å². The smallest absolute Gasteiger partial charge is 0.160 e. The molecule has 0 spiro atoms. The average molecular weight is 739 g/mol. The van der Waals surface area contributed by atoms with Gasteiger partial charge >= 0.3 is 0 Å². The van der Waals surface area contributed by atoms with Crippen LogP contribution in [0.5, 0.6) is 0 Å². The van der Waals surface area contributed by atoms with Crippen LogP contribution in [0.2, 0.25) is 0 Å². The van der Waals surface area contributed by atoms with Crippen molar-refractivity contribution < 1.29 is 0 Å². The Morgan fingerprint density at radius 3 is 2.63 bits per heavy atom. The van der Waals surface area contributed by atoms with Crippen LogP contribution in [-0.4, -0.2) is 27.6 Å². The normalized spacial score (nSPS) is 18.9. The Bertz CT molecular complexity index is 2520. The zero-order valence-electron chi connectivity index (χ0n) is 32.7. The van der Waals surface area contributed by atoms with Gasteiger partial charge in [-0.05, 0) is 98.3 Å². The summed E-state index contributed by atoms with van der Waals surface area (Å²) in [5.41, 5.74) is 18.2. The third-order valence-electron chi connectivity index (χ3n) is 9.93. The summed E-state index contributed by atoms with van der Waals surface area (Å²) in [6, 6.07) is 8.57. The molecule has 4 heteroatoms. The maximum Gasteiger partial charge on any atom is 0.160 e. The van der Waals surface area contributed by atoms with Crippen LogP contribution in [0.25, 0.3) is 22.3 Å². The van der Waals surface area contributed by atoms with E-state index in [-0.39, 0.29) is 0 Å². The predicted octanol–water partition coefficient (Wildman–Crippen LogP) is 12.1. The maximum atomic E-state index is 5.75. The van der Waals surface area contributed by atoms with Gasteiger partial charge in [0.1, 0.15) is 0 Å². The Balaban J connectivity index is 0.00000270. The second-order valence-corrected chi connectivity index (χ2v) is 13.5. The number of hydrogen-bond acceptors (Lipinski definition) is 4. The van der Waals surface area contributed by atoms with Crippen molar-refractivity contribution in [3.8, 4) is 25.2 Å². The molecule has 57 heavy (non-hydrogen) atoms. The first-order chi connectivity index (χ1) is 28.1. The molecule has 4 nitrogen and oxygen atoms in total. The predicted molar refractivity (Wildman–Crippen MR) is 243 cm³/mol. The molecule has 278 valence electrons. The Labute approximate surface area is 338 Å². The largest absolute Gasteiger partial charge is 0.336 e. The second-order valence-electron chi connectivity index (χ2n) is 13.5. The van der Waals surface area contributed by atoms with Gasteiger partial charge in [-0.2, -0.15) is 0 Å². The highest BCUT2D eigenvalue weighted by molar-refractivity contribution is 5.87. The molecule has 2 aliphatic heterocycles. The molecule has 0 saturated heterocycles. The molecule has 0 amide bonds. The molecule has 0 fully saturated rings. The molecule has 3 heterocycles. The van der Waals surface area contributed by atoms with Gasteiger partial charge in [0.15, 0.2) is 5.82 Å². The first-order valence-corrected chi connectivity index (χ1v) is 19.2. The van der Waals surface area contributed by atoms with Gasteiger partial charge in [0.25, 0.3) is 0 Å². The van der Waals surface area contributed by atoms with Crippen LogP contribution in [0.4, 0.5) is 5.69 Å². The molecular formula is C53H46N4. The molecule has 0 unspecified atom stereocenters. The number of rotatable bonds is 9. The Hall–Kier alpha value is -7.23. The molecule has 5 aliphatic rings. The molecule has 0 N–H and O–H groups in total. The minimum absolute atomic E-state index is 0.635. The lowest BCUT2D eigenvalue weighted by atomic mass is 9.95. The number of nitrogens with zero attached hydrogens (tertiary/aromatic N) is 4. The number of terminal acetylenes is 2. The first kappa shape index (κ1) is 39.5. The zero-order valence-corrected chi connectivity index (χ0v) is 32.7. The lowest BCUT2D eigenvalue weighted by Crippen LogP contribution is -2.17. The van der Waals surface area contributed by atoms with E-state index in [1.54, 1.807) is 6.08 Å². The number of aromatic nitrogens is 2. The molecule has 1 aromatic carbocycles. The number of allylic oxidation sites excluding steroid dienone is 24. The topological polar surface area (TPSA) is 41.4 Å². The molecule has 3 aliphatic carbocycles.